The van der Waals surface area contributed by atoms with Crippen molar-refractivity contribution in [3.63, 3.8) is 0 Å². The lowest BCUT2D eigenvalue weighted by Crippen LogP contribution is -2.27. The van der Waals surface area contributed by atoms with Gasteiger partial charge in [0, 0.05) is 29.6 Å². The highest BCUT2D eigenvalue weighted by molar-refractivity contribution is 6.30. The molecule has 0 unspecified atom stereocenters. The summed E-state index contributed by atoms with van der Waals surface area (Å²) in [6.45, 7) is 0.435. The maximum atomic E-state index is 12.2. The van der Waals surface area contributed by atoms with Crippen LogP contribution in [0, 0.1) is 0 Å². The van der Waals surface area contributed by atoms with Crippen LogP contribution in [0.25, 0.3) is 10.9 Å². The predicted molar refractivity (Wildman–Crippen MR) is 112 cm³/mol. The van der Waals surface area contributed by atoms with Gasteiger partial charge in [-0.05, 0) is 60.5 Å². The fraction of sp³-hybridized carbons (Fsp3) is 0.273. The zero-order chi connectivity index (χ0) is 19.9. The molecule has 28 heavy (non-hydrogen) atoms. The molecule has 1 heterocycles. The number of fused-ring (bicyclic) bond motifs is 1. The van der Waals surface area contributed by atoms with E-state index in [0.717, 1.165) is 29.3 Å². The van der Waals surface area contributed by atoms with Crippen molar-refractivity contribution in [2.45, 2.75) is 25.7 Å². The minimum absolute atomic E-state index is 0.00378. The van der Waals surface area contributed by atoms with Crippen LogP contribution in [-0.2, 0) is 17.6 Å². The summed E-state index contributed by atoms with van der Waals surface area (Å²) in [7, 11) is 1.59. The van der Waals surface area contributed by atoms with Crippen LogP contribution in [0.15, 0.2) is 53.3 Å². The minimum atomic E-state index is -0.141. The Labute approximate surface area is 168 Å². The van der Waals surface area contributed by atoms with Crippen molar-refractivity contribution in [1.29, 1.82) is 0 Å². The van der Waals surface area contributed by atoms with E-state index in [-0.39, 0.29) is 11.5 Å². The molecule has 0 radical (unpaired) electrons. The predicted octanol–water partition coefficient (Wildman–Crippen LogP) is 3.87. The van der Waals surface area contributed by atoms with E-state index in [9.17, 15) is 9.59 Å². The highest BCUT2D eigenvalue weighted by atomic mass is 35.5. The highest BCUT2D eigenvalue weighted by Crippen LogP contribution is 2.18. The van der Waals surface area contributed by atoms with Gasteiger partial charge in [-0.25, -0.2) is 0 Å². The molecule has 0 spiro atoms. The molecule has 3 aromatic rings. The second-order valence-corrected chi connectivity index (χ2v) is 7.09. The minimum Gasteiger partial charge on any atom is -0.497 e. The number of nitrogens with one attached hydrogen (secondary N) is 2. The van der Waals surface area contributed by atoms with Crippen LogP contribution in [0.4, 0.5) is 0 Å². The number of halogens is 1. The number of ether oxygens (including phenoxy) is 1. The van der Waals surface area contributed by atoms with Crippen molar-refractivity contribution in [2.75, 3.05) is 13.7 Å². The zero-order valence-electron chi connectivity index (χ0n) is 15.8. The normalized spacial score (nSPS) is 10.8. The summed E-state index contributed by atoms with van der Waals surface area (Å²) in [6, 6.07) is 15.1. The molecule has 0 aliphatic rings. The first-order chi connectivity index (χ1) is 13.5. The van der Waals surface area contributed by atoms with Gasteiger partial charge >= 0.3 is 0 Å². The molecule has 0 atom stereocenters. The van der Waals surface area contributed by atoms with Gasteiger partial charge in [0.25, 0.3) is 5.56 Å². The lowest BCUT2D eigenvalue weighted by atomic mass is 10.1. The van der Waals surface area contributed by atoms with Crippen LogP contribution in [-0.4, -0.2) is 24.5 Å². The topological polar surface area (TPSA) is 71.2 Å². The third-order valence-corrected chi connectivity index (χ3v) is 4.88. The molecule has 6 heteroatoms. The molecule has 2 N–H and O–H groups in total. The molecule has 1 amide bonds. The van der Waals surface area contributed by atoms with E-state index in [4.69, 9.17) is 16.3 Å². The number of aryl methyl sites for hydroxylation is 1. The Hall–Kier alpha value is -2.79. The monoisotopic (exact) mass is 398 g/mol. The highest BCUT2D eigenvalue weighted by Gasteiger charge is 2.06. The van der Waals surface area contributed by atoms with Crippen molar-refractivity contribution in [3.8, 4) is 5.75 Å². The third-order valence-electron chi connectivity index (χ3n) is 4.63. The van der Waals surface area contributed by atoms with E-state index in [2.05, 4.69) is 10.3 Å². The molecule has 5 nitrogen and oxygen atoms in total. The molecular formula is C22H23ClN2O3. The van der Waals surface area contributed by atoms with Crippen LogP contribution in [0.2, 0.25) is 5.02 Å². The van der Waals surface area contributed by atoms with E-state index >= 15 is 0 Å². The molecule has 146 valence electrons. The van der Waals surface area contributed by atoms with Gasteiger partial charge < -0.3 is 15.0 Å². The number of carbonyl (C=O) groups is 1. The number of carbonyl (C=O) groups excluding carboxylic acids is 1. The molecule has 0 aliphatic carbocycles. The van der Waals surface area contributed by atoms with Gasteiger partial charge in [0.2, 0.25) is 5.91 Å². The average Bonchev–Trinajstić information content (AvgIpc) is 2.69. The lowest BCUT2D eigenvalue weighted by molar-refractivity contribution is -0.121. The molecule has 0 saturated carbocycles. The van der Waals surface area contributed by atoms with Crippen molar-refractivity contribution >= 4 is 28.4 Å². The van der Waals surface area contributed by atoms with Crippen LogP contribution >= 0.6 is 11.6 Å². The van der Waals surface area contributed by atoms with Crippen LogP contribution in [0.3, 0.4) is 0 Å². The Morgan fingerprint density at radius 2 is 1.89 bits per heavy atom. The fourth-order valence-corrected chi connectivity index (χ4v) is 3.19. The molecule has 0 fully saturated rings. The van der Waals surface area contributed by atoms with Crippen molar-refractivity contribution < 1.29 is 9.53 Å². The van der Waals surface area contributed by atoms with Crippen molar-refractivity contribution in [3.05, 3.63) is 75.0 Å². The number of amides is 1. The molecule has 0 aliphatic heterocycles. The Kier molecular flexibility index (Phi) is 6.71. The Bertz CT molecular complexity index is 1010. The van der Waals surface area contributed by atoms with Crippen molar-refractivity contribution in [1.82, 2.24) is 10.3 Å². The number of H-pyrrole nitrogens is 1. The summed E-state index contributed by atoms with van der Waals surface area (Å²) in [5, 5.41) is 4.53. The third kappa shape index (κ3) is 5.36. The Balaban J connectivity index is 1.47. The van der Waals surface area contributed by atoms with Crippen LogP contribution in [0.5, 0.6) is 5.75 Å². The molecule has 0 bridgehead atoms. The maximum absolute atomic E-state index is 12.2. The maximum Gasteiger partial charge on any atom is 0.251 e. The first kappa shape index (κ1) is 20.0. The number of rotatable bonds is 8. The number of methoxy groups -OCH3 is 1. The van der Waals surface area contributed by atoms with Gasteiger partial charge in [-0.15, -0.1) is 0 Å². The lowest BCUT2D eigenvalue weighted by Gasteiger charge is -2.07. The number of aromatic nitrogens is 1. The first-order valence-corrected chi connectivity index (χ1v) is 9.64. The van der Waals surface area contributed by atoms with E-state index in [1.54, 1.807) is 13.2 Å². The average molecular weight is 399 g/mol. The van der Waals surface area contributed by atoms with E-state index in [1.807, 2.05) is 42.5 Å². The molecule has 1 aromatic heterocycles. The largest absolute Gasteiger partial charge is 0.497 e. The van der Waals surface area contributed by atoms with Gasteiger partial charge in [-0.3, -0.25) is 9.59 Å². The van der Waals surface area contributed by atoms with Gasteiger partial charge in [0.15, 0.2) is 0 Å². The quantitative estimate of drug-likeness (QED) is 0.605. The summed E-state index contributed by atoms with van der Waals surface area (Å²) in [6.07, 6.45) is 2.54. The number of benzene rings is 2. The van der Waals surface area contributed by atoms with Gasteiger partial charge in [-0.1, -0.05) is 23.7 Å². The second kappa shape index (κ2) is 9.42. The van der Waals surface area contributed by atoms with Crippen LogP contribution in [0.1, 0.15) is 24.0 Å². The van der Waals surface area contributed by atoms with Gasteiger partial charge in [0.05, 0.1) is 12.6 Å². The van der Waals surface area contributed by atoms with Crippen molar-refractivity contribution in [2.24, 2.45) is 0 Å². The smallest absolute Gasteiger partial charge is 0.251 e. The number of aromatic amines is 1. The summed E-state index contributed by atoms with van der Waals surface area (Å²) < 4.78 is 5.17. The van der Waals surface area contributed by atoms with E-state index in [0.29, 0.717) is 35.7 Å². The molecule has 3 rings (SSSR count). The number of hydrogen-bond acceptors (Lipinski definition) is 3. The summed E-state index contributed by atoms with van der Waals surface area (Å²) in [5.74, 6) is 0.692. The Morgan fingerprint density at radius 1 is 1.11 bits per heavy atom. The van der Waals surface area contributed by atoms with Gasteiger partial charge in [-0.2, -0.15) is 0 Å². The van der Waals surface area contributed by atoms with Crippen LogP contribution < -0.4 is 15.6 Å². The molecule has 2 aromatic carbocycles. The summed E-state index contributed by atoms with van der Waals surface area (Å²) >= 11 is 5.87. The number of hydrogen-bond donors (Lipinski definition) is 2. The van der Waals surface area contributed by atoms with Gasteiger partial charge in [0.1, 0.15) is 5.75 Å². The summed E-state index contributed by atoms with van der Waals surface area (Å²) in [4.78, 5) is 27.1. The zero-order valence-corrected chi connectivity index (χ0v) is 16.5. The molecule has 0 saturated heterocycles. The summed E-state index contributed by atoms with van der Waals surface area (Å²) in [5.41, 5.74) is 2.41. The molecular weight excluding hydrogens is 376 g/mol. The van der Waals surface area contributed by atoms with E-state index < -0.39 is 0 Å². The Morgan fingerprint density at radius 3 is 2.64 bits per heavy atom. The second-order valence-electron chi connectivity index (χ2n) is 6.66. The number of pyridine rings is 1. The fourth-order valence-electron chi connectivity index (χ4n) is 3.07. The standard InChI is InChI=1S/C22H23ClN2O3/c1-28-19-10-7-16-13-17(22(27)25-20(16)14-19)11-12-24-21(26)4-2-3-15-5-8-18(23)9-6-15/h5-10,13-14H,2-4,11-12H2,1H3,(H,24,26)(H,25,27). The SMILES string of the molecule is COc1ccc2cc(CCNC(=O)CCCc3ccc(Cl)cc3)c(=O)[nH]c2c1. The first-order valence-electron chi connectivity index (χ1n) is 9.26. The van der Waals surface area contributed by atoms with E-state index in [1.165, 1.54) is 0 Å².